The topological polar surface area (TPSA) is 62.3 Å². The second-order valence-corrected chi connectivity index (χ2v) is 6.67. The Hall–Kier alpha value is -2.86. The van der Waals surface area contributed by atoms with E-state index in [9.17, 15) is 9.59 Å². The molecule has 0 radical (unpaired) electrons. The number of benzene rings is 2. The zero-order valence-electron chi connectivity index (χ0n) is 13.3. The molecule has 1 N–H and O–H groups in total. The fraction of sp³-hybridized carbons (Fsp3) is 0.105. The zero-order chi connectivity index (χ0) is 17.2. The zero-order valence-corrected chi connectivity index (χ0v) is 14.1. The lowest BCUT2D eigenvalue weighted by atomic mass is 10.2. The van der Waals surface area contributed by atoms with Crippen molar-refractivity contribution in [1.82, 2.24) is 4.98 Å². The number of para-hydroxylation sites is 3. The molecule has 1 aliphatic rings. The molecule has 0 fully saturated rings. The van der Waals surface area contributed by atoms with E-state index in [4.69, 9.17) is 0 Å². The molecule has 0 bridgehead atoms. The molecule has 0 saturated heterocycles. The average Bonchev–Trinajstić information content (AvgIpc) is 2.65. The fourth-order valence-corrected chi connectivity index (χ4v) is 3.55. The van der Waals surface area contributed by atoms with Gasteiger partial charge in [0.2, 0.25) is 11.8 Å². The lowest BCUT2D eigenvalue weighted by Gasteiger charge is -2.29. The molecular formula is C19H15N3O2S. The van der Waals surface area contributed by atoms with Gasteiger partial charge in [0, 0.05) is 5.39 Å². The molecule has 6 heteroatoms. The molecule has 0 aliphatic carbocycles. The van der Waals surface area contributed by atoms with E-state index >= 15 is 0 Å². The Morgan fingerprint density at radius 3 is 2.80 bits per heavy atom. The van der Waals surface area contributed by atoms with Crippen LogP contribution in [0.3, 0.4) is 0 Å². The largest absolute Gasteiger partial charge is 0.323 e. The van der Waals surface area contributed by atoms with Crippen LogP contribution in [-0.2, 0) is 9.59 Å². The van der Waals surface area contributed by atoms with Crippen molar-refractivity contribution in [2.24, 2.45) is 0 Å². The van der Waals surface area contributed by atoms with E-state index in [2.05, 4.69) is 10.3 Å². The maximum atomic E-state index is 12.6. The van der Waals surface area contributed by atoms with E-state index in [0.717, 1.165) is 21.6 Å². The van der Waals surface area contributed by atoms with Crippen LogP contribution in [0, 0.1) is 0 Å². The molecule has 5 nitrogen and oxygen atoms in total. The van der Waals surface area contributed by atoms with Crippen LogP contribution in [0.4, 0.5) is 11.4 Å². The molecule has 0 spiro atoms. The monoisotopic (exact) mass is 349 g/mol. The molecular weight excluding hydrogens is 334 g/mol. The summed E-state index contributed by atoms with van der Waals surface area (Å²) in [5, 5.41) is 4.65. The quantitative estimate of drug-likeness (QED) is 0.737. The highest BCUT2D eigenvalue weighted by molar-refractivity contribution is 7.99. The minimum absolute atomic E-state index is 0.0432. The Kier molecular flexibility index (Phi) is 4.11. The number of amides is 2. The van der Waals surface area contributed by atoms with Crippen LogP contribution in [0.1, 0.15) is 0 Å². The summed E-state index contributed by atoms with van der Waals surface area (Å²) < 4.78 is 0. The molecule has 1 aliphatic heterocycles. The average molecular weight is 349 g/mol. The highest BCUT2D eigenvalue weighted by Gasteiger charge is 2.26. The molecule has 0 atom stereocenters. The molecule has 124 valence electrons. The van der Waals surface area contributed by atoms with Gasteiger partial charge in [-0.05, 0) is 24.3 Å². The van der Waals surface area contributed by atoms with Crippen molar-refractivity contribution >= 4 is 45.9 Å². The van der Waals surface area contributed by atoms with E-state index in [1.54, 1.807) is 6.07 Å². The predicted octanol–water partition coefficient (Wildman–Crippen LogP) is 3.31. The van der Waals surface area contributed by atoms with Gasteiger partial charge < -0.3 is 10.2 Å². The number of hydrogen-bond donors (Lipinski definition) is 1. The van der Waals surface area contributed by atoms with Crippen molar-refractivity contribution < 1.29 is 9.59 Å². The van der Waals surface area contributed by atoms with Gasteiger partial charge in [-0.1, -0.05) is 48.2 Å². The third-order valence-corrected chi connectivity index (χ3v) is 4.90. The summed E-state index contributed by atoms with van der Waals surface area (Å²) in [7, 11) is 0. The Morgan fingerprint density at radius 2 is 1.88 bits per heavy atom. The summed E-state index contributed by atoms with van der Waals surface area (Å²) in [6, 6.07) is 19.1. The lowest BCUT2D eigenvalue weighted by molar-refractivity contribution is -0.120. The van der Waals surface area contributed by atoms with Gasteiger partial charge in [-0.2, -0.15) is 0 Å². The van der Waals surface area contributed by atoms with E-state index < -0.39 is 0 Å². The normalized spacial score (nSPS) is 13.4. The smallest absolute Gasteiger partial charge is 0.244 e. The second-order valence-electron chi connectivity index (χ2n) is 5.68. The van der Waals surface area contributed by atoms with E-state index in [1.165, 1.54) is 16.7 Å². The first-order valence-corrected chi connectivity index (χ1v) is 8.87. The highest BCUT2D eigenvalue weighted by Crippen LogP contribution is 2.30. The van der Waals surface area contributed by atoms with Crippen LogP contribution in [0.15, 0.2) is 65.7 Å². The summed E-state index contributed by atoms with van der Waals surface area (Å²) >= 11 is 1.38. The van der Waals surface area contributed by atoms with Gasteiger partial charge in [0.1, 0.15) is 6.54 Å². The number of hydrogen-bond acceptors (Lipinski definition) is 4. The van der Waals surface area contributed by atoms with Crippen molar-refractivity contribution in [3.63, 3.8) is 0 Å². The van der Waals surface area contributed by atoms with Crippen molar-refractivity contribution in [3.8, 4) is 0 Å². The van der Waals surface area contributed by atoms with E-state index in [-0.39, 0.29) is 24.1 Å². The summed E-state index contributed by atoms with van der Waals surface area (Å²) in [5.74, 6) is -0.0596. The number of carbonyl (C=O) groups excluding carboxylic acids is 2. The third kappa shape index (κ3) is 3.21. The van der Waals surface area contributed by atoms with Gasteiger partial charge in [0.25, 0.3) is 0 Å². The molecule has 2 amide bonds. The number of thioether (sulfide) groups is 1. The van der Waals surface area contributed by atoms with Gasteiger partial charge in [-0.25, -0.2) is 4.98 Å². The van der Waals surface area contributed by atoms with Gasteiger partial charge in [0.05, 0.1) is 27.7 Å². The highest BCUT2D eigenvalue weighted by atomic mass is 32.2. The number of pyridine rings is 1. The van der Waals surface area contributed by atoms with Crippen LogP contribution in [0.25, 0.3) is 10.9 Å². The SMILES string of the molecule is O=C1CN(C(=O)CSc2ccc3ccccc3n2)c2ccccc2N1. The number of aromatic nitrogens is 1. The molecule has 25 heavy (non-hydrogen) atoms. The van der Waals surface area contributed by atoms with Crippen molar-refractivity contribution in [2.45, 2.75) is 5.03 Å². The van der Waals surface area contributed by atoms with Crippen LogP contribution in [-0.4, -0.2) is 29.1 Å². The van der Waals surface area contributed by atoms with Crippen molar-refractivity contribution in [2.75, 3.05) is 22.5 Å². The Balaban J connectivity index is 1.51. The molecule has 0 saturated carbocycles. The van der Waals surface area contributed by atoms with Crippen molar-refractivity contribution in [1.29, 1.82) is 0 Å². The summed E-state index contributed by atoms with van der Waals surface area (Å²) in [4.78, 5) is 30.6. The van der Waals surface area contributed by atoms with Crippen LogP contribution in [0.5, 0.6) is 0 Å². The van der Waals surface area contributed by atoms with Crippen LogP contribution in [0.2, 0.25) is 0 Å². The maximum absolute atomic E-state index is 12.6. The lowest BCUT2D eigenvalue weighted by Crippen LogP contribution is -2.43. The Morgan fingerprint density at radius 1 is 1.08 bits per heavy atom. The third-order valence-electron chi connectivity index (χ3n) is 3.99. The minimum Gasteiger partial charge on any atom is -0.323 e. The molecule has 3 aromatic rings. The molecule has 0 unspecified atom stereocenters. The van der Waals surface area contributed by atoms with E-state index in [0.29, 0.717) is 5.69 Å². The number of carbonyl (C=O) groups is 2. The summed E-state index contributed by atoms with van der Waals surface area (Å²) in [5.41, 5.74) is 2.31. The second kappa shape index (κ2) is 6.57. The van der Waals surface area contributed by atoms with Gasteiger partial charge in [-0.15, -0.1) is 0 Å². The first kappa shape index (κ1) is 15.7. The van der Waals surface area contributed by atoms with E-state index in [1.807, 2.05) is 54.6 Å². The predicted molar refractivity (Wildman–Crippen MR) is 99.9 cm³/mol. The molecule has 4 rings (SSSR count). The first-order valence-electron chi connectivity index (χ1n) is 7.88. The minimum atomic E-state index is -0.180. The fourth-order valence-electron chi connectivity index (χ4n) is 2.80. The van der Waals surface area contributed by atoms with Crippen LogP contribution < -0.4 is 10.2 Å². The van der Waals surface area contributed by atoms with Gasteiger partial charge in [0.15, 0.2) is 0 Å². The number of fused-ring (bicyclic) bond motifs is 2. The Bertz CT molecular complexity index is 974. The molecule has 2 aromatic carbocycles. The van der Waals surface area contributed by atoms with Crippen molar-refractivity contribution in [3.05, 3.63) is 60.7 Å². The van der Waals surface area contributed by atoms with Gasteiger partial charge in [-0.3, -0.25) is 9.59 Å². The maximum Gasteiger partial charge on any atom is 0.244 e. The number of nitrogens with zero attached hydrogens (tertiary/aromatic N) is 2. The number of rotatable bonds is 3. The number of anilines is 2. The molecule has 1 aromatic heterocycles. The molecule has 2 heterocycles. The summed E-state index contributed by atoms with van der Waals surface area (Å²) in [6.07, 6.45) is 0. The van der Waals surface area contributed by atoms with Gasteiger partial charge >= 0.3 is 0 Å². The number of nitrogens with one attached hydrogen (secondary N) is 1. The summed E-state index contributed by atoms with van der Waals surface area (Å²) in [6.45, 7) is 0.0432. The van der Waals surface area contributed by atoms with Crippen LogP contribution >= 0.6 is 11.8 Å². The first-order chi connectivity index (χ1) is 12.2. The Labute approximate surface area is 149 Å². The standard InChI is InChI=1S/C19H15N3O2S/c23-17-11-22(16-8-4-3-7-15(16)20-17)19(24)12-25-18-10-9-13-5-1-2-6-14(13)21-18/h1-10H,11-12H2,(H,20,23).